The number of nitrogens with one attached hydrogen (secondary N) is 1. The number of aromatic nitrogens is 2. The number of hydrogen-bond acceptors (Lipinski definition) is 2. The number of rotatable bonds is 4. The highest BCUT2D eigenvalue weighted by atomic mass is 19.3. The van der Waals surface area contributed by atoms with Crippen molar-refractivity contribution in [1.29, 1.82) is 0 Å². The Kier molecular flexibility index (Phi) is 4.25. The molecule has 0 fully saturated rings. The summed E-state index contributed by atoms with van der Waals surface area (Å²) in [6, 6.07) is -0.0533. The van der Waals surface area contributed by atoms with Crippen LogP contribution in [0.5, 0.6) is 0 Å². The minimum atomic E-state index is -2.49. The molecular weight excluding hydrogens is 224 g/mol. The van der Waals surface area contributed by atoms with Crippen molar-refractivity contribution in [3.8, 4) is 0 Å². The third-order valence-electron chi connectivity index (χ3n) is 2.42. The molecule has 0 saturated heterocycles. The van der Waals surface area contributed by atoms with E-state index in [4.69, 9.17) is 0 Å². The molecule has 0 bridgehead atoms. The van der Waals surface area contributed by atoms with E-state index in [9.17, 15) is 8.78 Å². The molecule has 1 heterocycles. The van der Waals surface area contributed by atoms with Gasteiger partial charge in [-0.1, -0.05) is 0 Å². The van der Waals surface area contributed by atoms with E-state index in [0.717, 1.165) is 0 Å². The zero-order valence-corrected chi connectivity index (χ0v) is 11.1. The summed E-state index contributed by atoms with van der Waals surface area (Å²) in [5.74, 6) is 0. The monoisotopic (exact) mass is 245 g/mol. The van der Waals surface area contributed by atoms with E-state index < -0.39 is 6.43 Å². The highest BCUT2D eigenvalue weighted by molar-refractivity contribution is 5.19. The van der Waals surface area contributed by atoms with Crippen LogP contribution in [-0.2, 0) is 6.54 Å². The van der Waals surface area contributed by atoms with Crippen LogP contribution in [0.3, 0.4) is 0 Å². The lowest BCUT2D eigenvalue weighted by atomic mass is 10.1. The highest BCUT2D eigenvalue weighted by Crippen LogP contribution is 2.25. The van der Waals surface area contributed by atoms with Gasteiger partial charge in [0.2, 0.25) is 0 Å². The molecule has 0 aliphatic heterocycles. The number of hydrogen-bond donors (Lipinski definition) is 1. The largest absolute Gasteiger partial charge is 0.308 e. The lowest BCUT2D eigenvalue weighted by Crippen LogP contribution is -2.35. The smallest absolute Gasteiger partial charge is 0.280 e. The van der Waals surface area contributed by atoms with Crippen LogP contribution in [0.1, 0.15) is 58.3 Å². The molecule has 1 aromatic rings. The fraction of sp³-hybridized carbons (Fsp3) is 0.750. The molecule has 3 nitrogen and oxygen atoms in total. The predicted octanol–water partition coefficient (Wildman–Crippen LogP) is 3.29. The van der Waals surface area contributed by atoms with Crippen molar-refractivity contribution in [1.82, 2.24) is 15.1 Å². The topological polar surface area (TPSA) is 29.9 Å². The molecule has 0 amide bonds. The van der Waals surface area contributed by atoms with E-state index in [1.165, 1.54) is 10.9 Å². The zero-order valence-electron chi connectivity index (χ0n) is 11.1. The van der Waals surface area contributed by atoms with Gasteiger partial charge in [0.15, 0.2) is 0 Å². The standard InChI is InChI=1S/C12H21F2N3/c1-8(2)17-10(11(13)14)9(7-16-17)6-15-12(3,4)5/h7-8,11,15H,6H2,1-5H3. The second-order valence-corrected chi connectivity index (χ2v) is 5.50. The number of alkyl halides is 2. The van der Waals surface area contributed by atoms with Crippen molar-refractivity contribution in [3.05, 3.63) is 17.5 Å². The van der Waals surface area contributed by atoms with Crippen molar-refractivity contribution < 1.29 is 8.78 Å². The van der Waals surface area contributed by atoms with Gasteiger partial charge in [0, 0.05) is 23.7 Å². The minimum Gasteiger partial charge on any atom is -0.308 e. The number of nitrogens with zero attached hydrogens (tertiary/aromatic N) is 2. The first-order valence-corrected chi connectivity index (χ1v) is 5.82. The van der Waals surface area contributed by atoms with Crippen LogP contribution >= 0.6 is 0 Å². The zero-order chi connectivity index (χ0) is 13.2. The van der Waals surface area contributed by atoms with Crippen LogP contribution in [0.15, 0.2) is 6.20 Å². The lowest BCUT2D eigenvalue weighted by molar-refractivity contribution is 0.135. The molecule has 0 aliphatic carbocycles. The fourth-order valence-corrected chi connectivity index (χ4v) is 1.56. The molecule has 1 aromatic heterocycles. The Morgan fingerprint density at radius 2 is 1.94 bits per heavy atom. The van der Waals surface area contributed by atoms with E-state index in [1.807, 2.05) is 34.6 Å². The van der Waals surface area contributed by atoms with Crippen molar-refractivity contribution in [2.45, 2.75) is 59.2 Å². The Morgan fingerprint density at radius 3 is 2.35 bits per heavy atom. The van der Waals surface area contributed by atoms with E-state index in [-0.39, 0.29) is 17.3 Å². The average Bonchev–Trinajstić information content (AvgIpc) is 2.56. The maximum absolute atomic E-state index is 13.0. The van der Waals surface area contributed by atoms with Crippen molar-refractivity contribution in [2.75, 3.05) is 0 Å². The molecular formula is C12H21F2N3. The van der Waals surface area contributed by atoms with Crippen LogP contribution < -0.4 is 5.32 Å². The van der Waals surface area contributed by atoms with Gasteiger partial charge >= 0.3 is 0 Å². The van der Waals surface area contributed by atoms with E-state index >= 15 is 0 Å². The molecule has 0 unspecified atom stereocenters. The lowest BCUT2D eigenvalue weighted by Gasteiger charge is -2.20. The van der Waals surface area contributed by atoms with Gasteiger partial charge in [0.25, 0.3) is 6.43 Å². The van der Waals surface area contributed by atoms with Crippen molar-refractivity contribution in [3.63, 3.8) is 0 Å². The summed E-state index contributed by atoms with van der Waals surface area (Å²) in [5.41, 5.74) is 0.500. The summed E-state index contributed by atoms with van der Waals surface area (Å²) in [7, 11) is 0. The molecule has 0 aromatic carbocycles. The predicted molar refractivity (Wildman–Crippen MR) is 64.2 cm³/mol. The molecule has 0 spiro atoms. The van der Waals surface area contributed by atoms with Gasteiger partial charge in [0.1, 0.15) is 5.69 Å². The summed E-state index contributed by atoms with van der Waals surface area (Å²) < 4.78 is 27.4. The van der Waals surface area contributed by atoms with Crippen LogP contribution in [0.2, 0.25) is 0 Å². The third-order valence-corrected chi connectivity index (χ3v) is 2.42. The first kappa shape index (κ1) is 14.1. The maximum atomic E-state index is 13.0. The van der Waals surface area contributed by atoms with Gasteiger partial charge in [0.05, 0.1) is 6.20 Å². The van der Waals surface area contributed by atoms with Crippen molar-refractivity contribution in [2.24, 2.45) is 0 Å². The molecule has 0 atom stereocenters. The van der Waals surface area contributed by atoms with E-state index in [2.05, 4.69) is 10.4 Å². The second kappa shape index (κ2) is 5.12. The summed E-state index contributed by atoms with van der Waals surface area (Å²) >= 11 is 0. The fourth-order valence-electron chi connectivity index (χ4n) is 1.56. The Bertz CT molecular complexity index is 364. The van der Waals surface area contributed by atoms with Gasteiger partial charge in [-0.15, -0.1) is 0 Å². The van der Waals surface area contributed by atoms with Gasteiger partial charge in [-0.05, 0) is 34.6 Å². The van der Waals surface area contributed by atoms with E-state index in [1.54, 1.807) is 0 Å². The molecule has 17 heavy (non-hydrogen) atoms. The molecule has 1 N–H and O–H groups in total. The minimum absolute atomic E-state index is 0.0248. The van der Waals surface area contributed by atoms with Crippen molar-refractivity contribution >= 4 is 0 Å². The van der Waals surface area contributed by atoms with Crippen LogP contribution in [0.25, 0.3) is 0 Å². The Labute approximate surface area is 101 Å². The third kappa shape index (κ3) is 3.77. The van der Waals surface area contributed by atoms with E-state index in [0.29, 0.717) is 12.1 Å². The molecule has 0 radical (unpaired) electrons. The highest BCUT2D eigenvalue weighted by Gasteiger charge is 2.22. The van der Waals surface area contributed by atoms with Crippen LogP contribution in [0.4, 0.5) is 8.78 Å². The van der Waals surface area contributed by atoms with Crippen LogP contribution in [0, 0.1) is 0 Å². The summed E-state index contributed by atoms with van der Waals surface area (Å²) in [5, 5.41) is 7.23. The van der Waals surface area contributed by atoms with Gasteiger partial charge < -0.3 is 5.32 Å². The Balaban J connectivity index is 2.93. The van der Waals surface area contributed by atoms with Crippen LogP contribution in [-0.4, -0.2) is 15.3 Å². The molecule has 0 saturated carbocycles. The Morgan fingerprint density at radius 1 is 1.35 bits per heavy atom. The molecule has 0 aliphatic rings. The average molecular weight is 245 g/mol. The second-order valence-electron chi connectivity index (χ2n) is 5.50. The quantitative estimate of drug-likeness (QED) is 0.882. The first-order valence-electron chi connectivity index (χ1n) is 5.82. The maximum Gasteiger partial charge on any atom is 0.280 e. The molecule has 1 rings (SSSR count). The summed E-state index contributed by atoms with van der Waals surface area (Å²) in [6.07, 6.45) is -0.961. The van der Waals surface area contributed by atoms with Gasteiger partial charge in [-0.2, -0.15) is 5.10 Å². The molecule has 5 heteroatoms. The van der Waals surface area contributed by atoms with Gasteiger partial charge in [-0.25, -0.2) is 8.78 Å². The van der Waals surface area contributed by atoms with Gasteiger partial charge in [-0.3, -0.25) is 4.68 Å². The summed E-state index contributed by atoms with van der Waals surface area (Å²) in [6.45, 7) is 10.1. The normalized spacial score (nSPS) is 12.8. The SMILES string of the molecule is CC(C)n1ncc(CNC(C)(C)C)c1C(F)F. The first-order chi connectivity index (χ1) is 7.72. The summed E-state index contributed by atoms with van der Waals surface area (Å²) in [4.78, 5) is 0. The molecule has 98 valence electrons. The number of halogens is 2. The Hall–Kier alpha value is -0.970.